The molecule has 13 heavy (non-hydrogen) atoms. The number of aryl methyl sites for hydroxylation is 1. The van der Waals surface area contributed by atoms with E-state index in [-0.39, 0.29) is 6.04 Å². The Morgan fingerprint density at radius 3 is 3.00 bits per heavy atom. The lowest BCUT2D eigenvalue weighted by Gasteiger charge is -2.00. The Morgan fingerprint density at radius 1 is 1.69 bits per heavy atom. The molecule has 0 bridgehead atoms. The van der Waals surface area contributed by atoms with Crippen LogP contribution in [0.1, 0.15) is 24.9 Å². The highest BCUT2D eigenvalue weighted by atomic mass is 32.2. The van der Waals surface area contributed by atoms with Crippen molar-refractivity contribution in [3.8, 4) is 0 Å². The average molecular weight is 199 g/mol. The van der Waals surface area contributed by atoms with Crippen LogP contribution in [-0.2, 0) is 6.54 Å². The molecule has 0 radical (unpaired) electrons. The van der Waals surface area contributed by atoms with E-state index in [1.54, 1.807) is 0 Å². The van der Waals surface area contributed by atoms with E-state index in [4.69, 9.17) is 5.73 Å². The molecule has 1 atom stereocenters. The van der Waals surface area contributed by atoms with E-state index >= 15 is 0 Å². The maximum Gasteiger partial charge on any atom is 0.0537 e. The minimum absolute atomic E-state index is 0.0919. The van der Waals surface area contributed by atoms with Crippen LogP contribution in [0.15, 0.2) is 12.4 Å². The Balaban J connectivity index is 2.40. The van der Waals surface area contributed by atoms with Gasteiger partial charge in [0.2, 0.25) is 0 Å². The number of rotatable bonds is 5. The monoisotopic (exact) mass is 199 g/mol. The number of aromatic nitrogens is 2. The minimum atomic E-state index is 0.0919. The first-order valence-electron chi connectivity index (χ1n) is 4.51. The molecule has 0 saturated carbocycles. The van der Waals surface area contributed by atoms with Gasteiger partial charge in [-0.25, -0.2) is 0 Å². The Hall–Kier alpha value is -0.480. The van der Waals surface area contributed by atoms with Gasteiger partial charge in [0, 0.05) is 24.3 Å². The van der Waals surface area contributed by atoms with Gasteiger partial charge in [0.05, 0.1) is 6.20 Å². The summed E-state index contributed by atoms with van der Waals surface area (Å²) in [6, 6.07) is 0.0919. The third-order valence-electron chi connectivity index (χ3n) is 1.91. The van der Waals surface area contributed by atoms with Gasteiger partial charge < -0.3 is 5.73 Å². The molecule has 0 fully saturated rings. The second kappa shape index (κ2) is 5.29. The zero-order chi connectivity index (χ0) is 9.68. The van der Waals surface area contributed by atoms with Crippen molar-refractivity contribution in [3.63, 3.8) is 0 Å². The zero-order valence-corrected chi connectivity index (χ0v) is 9.05. The Morgan fingerprint density at radius 2 is 2.46 bits per heavy atom. The van der Waals surface area contributed by atoms with Crippen LogP contribution in [0, 0.1) is 0 Å². The van der Waals surface area contributed by atoms with E-state index < -0.39 is 0 Å². The first-order valence-corrected chi connectivity index (χ1v) is 5.90. The summed E-state index contributed by atoms with van der Waals surface area (Å²) in [6.07, 6.45) is 7.17. The fraction of sp³-hybridized carbons (Fsp3) is 0.667. The molecular formula is C9H17N3S. The van der Waals surface area contributed by atoms with Crippen LogP contribution in [0.5, 0.6) is 0 Å². The van der Waals surface area contributed by atoms with Crippen LogP contribution in [0.3, 0.4) is 0 Å². The number of hydrogen-bond donors (Lipinski definition) is 1. The predicted octanol–water partition coefficient (Wildman–Crippen LogP) is 1.66. The molecule has 0 aliphatic heterocycles. The van der Waals surface area contributed by atoms with E-state index in [9.17, 15) is 0 Å². The van der Waals surface area contributed by atoms with Crippen LogP contribution in [0.2, 0.25) is 0 Å². The van der Waals surface area contributed by atoms with E-state index in [0.717, 1.165) is 12.1 Å². The van der Waals surface area contributed by atoms with Gasteiger partial charge in [0.25, 0.3) is 0 Å². The van der Waals surface area contributed by atoms with Crippen LogP contribution in [0.25, 0.3) is 0 Å². The average Bonchev–Trinajstić information content (AvgIpc) is 2.53. The Bertz CT molecular complexity index is 245. The summed E-state index contributed by atoms with van der Waals surface area (Å²) in [5.74, 6) is 1.19. The molecule has 1 unspecified atom stereocenters. The summed E-state index contributed by atoms with van der Waals surface area (Å²) in [4.78, 5) is 0. The first-order chi connectivity index (χ1) is 6.24. The number of nitrogens with two attached hydrogens (primary N) is 1. The zero-order valence-electron chi connectivity index (χ0n) is 8.23. The number of nitrogens with zero attached hydrogens (tertiary/aromatic N) is 2. The summed E-state index contributed by atoms with van der Waals surface area (Å²) in [5.41, 5.74) is 6.84. The van der Waals surface area contributed by atoms with Gasteiger partial charge in [-0.1, -0.05) is 0 Å². The van der Waals surface area contributed by atoms with Crippen molar-refractivity contribution in [1.29, 1.82) is 0 Å². The van der Waals surface area contributed by atoms with E-state index in [1.807, 2.05) is 35.8 Å². The highest BCUT2D eigenvalue weighted by Gasteiger charge is 2.01. The topological polar surface area (TPSA) is 43.8 Å². The highest BCUT2D eigenvalue weighted by molar-refractivity contribution is 7.98. The molecular weight excluding hydrogens is 182 g/mol. The Labute approximate surface area is 83.7 Å². The summed E-state index contributed by atoms with van der Waals surface area (Å²) < 4.78 is 1.97. The van der Waals surface area contributed by atoms with Crippen molar-refractivity contribution in [2.75, 3.05) is 12.0 Å². The lowest BCUT2D eigenvalue weighted by Crippen LogP contribution is -2.04. The van der Waals surface area contributed by atoms with Crippen LogP contribution in [0.4, 0.5) is 0 Å². The van der Waals surface area contributed by atoms with Crippen molar-refractivity contribution >= 4 is 11.8 Å². The van der Waals surface area contributed by atoms with Gasteiger partial charge in [-0.2, -0.15) is 16.9 Å². The molecule has 1 rings (SSSR count). The third kappa shape index (κ3) is 3.40. The quantitative estimate of drug-likeness (QED) is 0.733. The van der Waals surface area contributed by atoms with Crippen molar-refractivity contribution in [2.45, 2.75) is 25.9 Å². The maximum atomic E-state index is 5.72. The van der Waals surface area contributed by atoms with Gasteiger partial charge in [-0.3, -0.25) is 4.68 Å². The largest absolute Gasteiger partial charge is 0.324 e. The Kier molecular flexibility index (Phi) is 4.32. The maximum absolute atomic E-state index is 5.72. The molecule has 0 aliphatic carbocycles. The van der Waals surface area contributed by atoms with Gasteiger partial charge >= 0.3 is 0 Å². The fourth-order valence-corrected chi connectivity index (χ4v) is 1.53. The number of thioether (sulfide) groups is 1. The molecule has 0 amide bonds. The standard InChI is InChI=1S/C9H17N3S/c1-8(10)9-6-11-12(7-9)4-3-5-13-2/h6-8H,3-5,10H2,1-2H3. The van der Waals surface area contributed by atoms with Crippen molar-refractivity contribution in [1.82, 2.24) is 9.78 Å². The summed E-state index contributed by atoms with van der Waals surface area (Å²) in [5, 5.41) is 4.24. The third-order valence-corrected chi connectivity index (χ3v) is 2.61. The first kappa shape index (κ1) is 10.6. The van der Waals surface area contributed by atoms with Crippen molar-refractivity contribution in [3.05, 3.63) is 18.0 Å². The SMILES string of the molecule is CSCCCn1cc(C(C)N)cn1. The molecule has 0 aromatic carbocycles. The molecule has 1 aromatic heterocycles. The molecule has 2 N–H and O–H groups in total. The normalized spacial score (nSPS) is 13.2. The van der Waals surface area contributed by atoms with Gasteiger partial charge in [0.1, 0.15) is 0 Å². The molecule has 0 saturated heterocycles. The van der Waals surface area contributed by atoms with Crippen LogP contribution in [-0.4, -0.2) is 21.8 Å². The fourth-order valence-electron chi connectivity index (χ4n) is 1.11. The van der Waals surface area contributed by atoms with Crippen molar-refractivity contribution < 1.29 is 0 Å². The molecule has 1 aromatic rings. The van der Waals surface area contributed by atoms with E-state index in [0.29, 0.717) is 0 Å². The molecule has 0 spiro atoms. The van der Waals surface area contributed by atoms with E-state index in [1.165, 1.54) is 12.2 Å². The molecule has 3 nitrogen and oxygen atoms in total. The predicted molar refractivity (Wildman–Crippen MR) is 57.8 cm³/mol. The summed E-state index contributed by atoms with van der Waals surface area (Å²) in [6.45, 7) is 2.97. The number of hydrogen-bond acceptors (Lipinski definition) is 3. The smallest absolute Gasteiger partial charge is 0.0537 e. The van der Waals surface area contributed by atoms with Crippen LogP contribution < -0.4 is 5.73 Å². The molecule has 0 aliphatic rings. The summed E-state index contributed by atoms with van der Waals surface area (Å²) >= 11 is 1.87. The highest BCUT2D eigenvalue weighted by Crippen LogP contribution is 2.07. The minimum Gasteiger partial charge on any atom is -0.324 e. The van der Waals surface area contributed by atoms with Gasteiger partial charge in [0.15, 0.2) is 0 Å². The van der Waals surface area contributed by atoms with Crippen LogP contribution >= 0.6 is 11.8 Å². The lowest BCUT2D eigenvalue weighted by molar-refractivity contribution is 0.605. The summed E-state index contributed by atoms with van der Waals surface area (Å²) in [7, 11) is 0. The lowest BCUT2D eigenvalue weighted by atomic mass is 10.2. The molecule has 74 valence electrons. The molecule has 1 heterocycles. The van der Waals surface area contributed by atoms with E-state index in [2.05, 4.69) is 11.4 Å². The molecule has 4 heteroatoms. The van der Waals surface area contributed by atoms with Gasteiger partial charge in [-0.15, -0.1) is 0 Å². The second-order valence-electron chi connectivity index (χ2n) is 3.17. The second-order valence-corrected chi connectivity index (χ2v) is 4.16. The van der Waals surface area contributed by atoms with Crippen molar-refractivity contribution in [2.24, 2.45) is 5.73 Å². The van der Waals surface area contributed by atoms with Gasteiger partial charge in [-0.05, 0) is 25.4 Å².